The third-order valence-electron chi connectivity index (χ3n) is 4.30. The van der Waals surface area contributed by atoms with Crippen molar-refractivity contribution in [2.75, 3.05) is 6.61 Å². The molecule has 0 spiro atoms. The molecule has 0 saturated carbocycles. The Hall–Kier alpha value is -3.45. The molecule has 140 valence electrons. The number of rotatable bonds is 5. The zero-order chi connectivity index (χ0) is 19.5. The minimum absolute atomic E-state index is 0.150. The summed E-state index contributed by atoms with van der Waals surface area (Å²) < 4.78 is 7.45. The van der Waals surface area contributed by atoms with Crippen molar-refractivity contribution in [1.29, 1.82) is 0 Å². The fraction of sp³-hybridized carbons (Fsp3) is 0.0952. The van der Waals surface area contributed by atoms with E-state index in [1.807, 2.05) is 61.5 Å². The third kappa shape index (κ3) is 3.39. The summed E-state index contributed by atoms with van der Waals surface area (Å²) in [5.74, 6) is 1.45. The maximum absolute atomic E-state index is 10.3. The first-order valence-electron chi connectivity index (χ1n) is 8.83. The number of phenols is 1. The highest BCUT2D eigenvalue weighted by molar-refractivity contribution is 7.71. The van der Waals surface area contributed by atoms with E-state index in [0.29, 0.717) is 22.8 Å². The Bertz CT molecular complexity index is 1230. The molecule has 0 aliphatic carbocycles. The van der Waals surface area contributed by atoms with Crippen LogP contribution in [0.5, 0.6) is 11.5 Å². The molecule has 4 aromatic rings. The lowest BCUT2D eigenvalue weighted by molar-refractivity contribution is 0.340. The number of aromatic hydroxyl groups is 1. The highest BCUT2D eigenvalue weighted by atomic mass is 32.1. The number of nitrogens with zero attached hydrogens (tertiary/aromatic N) is 3. The Morgan fingerprint density at radius 1 is 1.18 bits per heavy atom. The van der Waals surface area contributed by atoms with Crippen LogP contribution in [0, 0.1) is 4.77 Å². The van der Waals surface area contributed by atoms with E-state index >= 15 is 0 Å². The number of aromatic amines is 1. The van der Waals surface area contributed by atoms with Gasteiger partial charge in [-0.15, -0.1) is 0 Å². The molecule has 6 nitrogen and oxygen atoms in total. The van der Waals surface area contributed by atoms with E-state index in [2.05, 4.69) is 15.3 Å². The predicted molar refractivity (Wildman–Crippen MR) is 113 cm³/mol. The van der Waals surface area contributed by atoms with Gasteiger partial charge in [-0.05, 0) is 48.1 Å². The fourth-order valence-corrected chi connectivity index (χ4v) is 3.19. The van der Waals surface area contributed by atoms with E-state index in [0.717, 1.165) is 22.1 Å². The van der Waals surface area contributed by atoms with E-state index in [4.69, 9.17) is 17.0 Å². The summed E-state index contributed by atoms with van der Waals surface area (Å²) >= 11 is 5.34. The summed E-state index contributed by atoms with van der Waals surface area (Å²) in [4.78, 5) is 0. The van der Waals surface area contributed by atoms with Crippen molar-refractivity contribution in [1.82, 2.24) is 14.9 Å². The monoisotopic (exact) mass is 390 g/mol. The van der Waals surface area contributed by atoms with Crippen LogP contribution >= 0.6 is 12.2 Å². The minimum Gasteiger partial charge on any atom is -0.507 e. The summed E-state index contributed by atoms with van der Waals surface area (Å²) in [7, 11) is 0. The molecule has 28 heavy (non-hydrogen) atoms. The molecular weight excluding hydrogens is 372 g/mol. The van der Waals surface area contributed by atoms with Crippen LogP contribution in [0.2, 0.25) is 0 Å². The van der Waals surface area contributed by atoms with Gasteiger partial charge in [0.05, 0.1) is 12.8 Å². The molecule has 0 fully saturated rings. The van der Waals surface area contributed by atoms with Crippen LogP contribution in [0.3, 0.4) is 0 Å². The van der Waals surface area contributed by atoms with Crippen molar-refractivity contribution >= 4 is 29.2 Å². The molecule has 0 radical (unpaired) electrons. The number of hydrogen-bond acceptors (Lipinski definition) is 5. The Morgan fingerprint density at radius 3 is 2.89 bits per heavy atom. The van der Waals surface area contributed by atoms with Gasteiger partial charge in [0.15, 0.2) is 5.82 Å². The molecule has 1 heterocycles. The van der Waals surface area contributed by atoms with E-state index in [1.54, 1.807) is 12.3 Å². The van der Waals surface area contributed by atoms with Gasteiger partial charge in [0.1, 0.15) is 11.5 Å². The molecule has 0 aliphatic heterocycles. The summed E-state index contributed by atoms with van der Waals surface area (Å²) in [5, 5.41) is 23.8. The van der Waals surface area contributed by atoms with Crippen molar-refractivity contribution in [3.8, 4) is 22.9 Å². The van der Waals surface area contributed by atoms with Crippen LogP contribution in [0.4, 0.5) is 0 Å². The second kappa shape index (κ2) is 7.66. The number of H-pyrrole nitrogens is 1. The summed E-state index contributed by atoms with van der Waals surface area (Å²) in [5.41, 5.74) is 1.44. The topological polar surface area (TPSA) is 75.4 Å². The number of nitrogens with one attached hydrogen (secondary N) is 1. The molecule has 0 unspecified atom stereocenters. The largest absolute Gasteiger partial charge is 0.507 e. The second-order valence-corrected chi connectivity index (χ2v) is 6.48. The van der Waals surface area contributed by atoms with E-state index in [-0.39, 0.29) is 5.75 Å². The molecule has 0 saturated heterocycles. The summed E-state index contributed by atoms with van der Waals surface area (Å²) in [6.45, 7) is 2.51. The number of hydrogen-bond donors (Lipinski definition) is 2. The lowest BCUT2D eigenvalue weighted by atomic mass is 10.0. The third-order valence-corrected chi connectivity index (χ3v) is 4.57. The molecule has 0 atom stereocenters. The standard InChI is InChI=1S/C21H18N4O2S/c1-2-27-16-8-5-7-15(12-16)20-23-24-21(28)25(20)22-13-18-17-9-4-3-6-14(17)10-11-19(18)26/h3-13,26H,2H2,1H3,(H,24,28)/b22-13-. The Balaban J connectivity index is 1.79. The fourth-order valence-electron chi connectivity index (χ4n) is 3.01. The van der Waals surface area contributed by atoms with Gasteiger partial charge < -0.3 is 9.84 Å². The molecule has 0 bridgehead atoms. The molecule has 1 aromatic heterocycles. The van der Waals surface area contributed by atoms with Crippen LogP contribution in [0.25, 0.3) is 22.2 Å². The SMILES string of the molecule is CCOc1cccc(-c2n[nH]c(=S)n2/N=C\c2c(O)ccc3ccccc23)c1. The first-order chi connectivity index (χ1) is 13.7. The highest BCUT2D eigenvalue weighted by Crippen LogP contribution is 2.26. The zero-order valence-electron chi connectivity index (χ0n) is 15.2. The average Bonchev–Trinajstić information content (AvgIpc) is 3.08. The van der Waals surface area contributed by atoms with Crippen molar-refractivity contribution in [3.05, 3.63) is 71.0 Å². The van der Waals surface area contributed by atoms with Gasteiger partial charge in [0.25, 0.3) is 0 Å². The quantitative estimate of drug-likeness (QED) is 0.381. The van der Waals surface area contributed by atoms with Crippen LogP contribution in [-0.2, 0) is 0 Å². The molecule has 4 rings (SSSR count). The lowest BCUT2D eigenvalue weighted by Crippen LogP contribution is -1.97. The van der Waals surface area contributed by atoms with Gasteiger partial charge >= 0.3 is 0 Å². The zero-order valence-corrected chi connectivity index (χ0v) is 16.0. The minimum atomic E-state index is 0.150. The predicted octanol–water partition coefficient (Wildman–Crippen LogP) is 4.75. The number of fused-ring (bicyclic) bond motifs is 1. The summed E-state index contributed by atoms with van der Waals surface area (Å²) in [6.07, 6.45) is 1.60. The maximum Gasteiger partial charge on any atom is 0.216 e. The molecule has 0 amide bonds. The number of phenolic OH excluding ortho intramolecular Hbond substituents is 1. The van der Waals surface area contributed by atoms with Gasteiger partial charge in [-0.2, -0.15) is 14.9 Å². The van der Waals surface area contributed by atoms with Crippen LogP contribution in [0.1, 0.15) is 12.5 Å². The van der Waals surface area contributed by atoms with Crippen molar-refractivity contribution in [2.24, 2.45) is 5.10 Å². The second-order valence-electron chi connectivity index (χ2n) is 6.09. The van der Waals surface area contributed by atoms with Crippen molar-refractivity contribution < 1.29 is 9.84 Å². The Kier molecular flexibility index (Phi) is 4.90. The van der Waals surface area contributed by atoms with E-state index in [1.165, 1.54) is 4.68 Å². The molecule has 3 aromatic carbocycles. The van der Waals surface area contributed by atoms with Crippen molar-refractivity contribution in [3.63, 3.8) is 0 Å². The smallest absolute Gasteiger partial charge is 0.216 e. The Labute approximate surface area is 166 Å². The maximum atomic E-state index is 10.3. The number of benzene rings is 3. The van der Waals surface area contributed by atoms with E-state index < -0.39 is 0 Å². The number of aromatic nitrogens is 3. The molecule has 2 N–H and O–H groups in total. The van der Waals surface area contributed by atoms with Crippen LogP contribution < -0.4 is 4.74 Å². The Morgan fingerprint density at radius 2 is 2.04 bits per heavy atom. The van der Waals surface area contributed by atoms with Gasteiger partial charge in [-0.3, -0.25) is 0 Å². The molecule has 0 aliphatic rings. The van der Waals surface area contributed by atoms with E-state index in [9.17, 15) is 5.11 Å². The molecular formula is C21H18N4O2S. The summed E-state index contributed by atoms with van der Waals surface area (Å²) in [6, 6.07) is 18.9. The number of ether oxygens (including phenoxy) is 1. The first kappa shape index (κ1) is 17.9. The van der Waals surface area contributed by atoms with Gasteiger partial charge in [0, 0.05) is 11.1 Å². The van der Waals surface area contributed by atoms with Gasteiger partial charge in [-0.1, -0.05) is 42.5 Å². The highest BCUT2D eigenvalue weighted by Gasteiger charge is 2.10. The van der Waals surface area contributed by atoms with Crippen molar-refractivity contribution in [2.45, 2.75) is 6.92 Å². The normalized spacial score (nSPS) is 11.3. The van der Waals surface area contributed by atoms with Crippen LogP contribution in [0.15, 0.2) is 65.8 Å². The van der Waals surface area contributed by atoms with Gasteiger partial charge in [0.2, 0.25) is 4.77 Å². The first-order valence-corrected chi connectivity index (χ1v) is 9.24. The molecule has 7 heteroatoms. The van der Waals surface area contributed by atoms with Crippen LogP contribution in [-0.4, -0.2) is 32.8 Å². The average molecular weight is 390 g/mol. The van der Waals surface area contributed by atoms with Gasteiger partial charge in [-0.25, -0.2) is 5.10 Å². The lowest BCUT2D eigenvalue weighted by Gasteiger charge is -2.06.